The molecule has 0 unspecified atom stereocenters. The molecular weight excluding hydrogens is 239 g/mol. The highest BCUT2D eigenvalue weighted by Crippen LogP contribution is 2.30. The minimum atomic E-state index is -0.268. The minimum absolute atomic E-state index is 0.268. The van der Waals surface area contributed by atoms with E-state index < -0.39 is 0 Å². The predicted octanol–water partition coefficient (Wildman–Crippen LogP) is 2.96. The van der Waals surface area contributed by atoms with Crippen molar-refractivity contribution in [2.75, 3.05) is 12.8 Å². The van der Waals surface area contributed by atoms with Gasteiger partial charge in [0.05, 0.1) is 12.8 Å². The second-order valence-corrected chi connectivity index (χ2v) is 4.34. The molecule has 0 saturated heterocycles. The minimum Gasteiger partial charge on any atom is -0.480 e. The van der Waals surface area contributed by atoms with Crippen molar-refractivity contribution in [3.63, 3.8) is 0 Å². The fraction of sp³-hybridized carbons (Fsp3) is 0.0833. The number of methoxy groups -OCH3 is 1. The third kappa shape index (κ3) is 2.68. The highest BCUT2D eigenvalue weighted by Gasteiger charge is 2.07. The first-order chi connectivity index (χ1) is 8.20. The Hall–Kier alpha value is -1.75. The summed E-state index contributed by atoms with van der Waals surface area (Å²) in [6.45, 7) is 0. The Morgan fingerprint density at radius 2 is 2.00 bits per heavy atom. The van der Waals surface area contributed by atoms with Crippen LogP contribution in [-0.2, 0) is 0 Å². The normalized spacial score (nSPS) is 10.2. The van der Waals surface area contributed by atoms with E-state index in [0.717, 1.165) is 0 Å². The van der Waals surface area contributed by atoms with E-state index in [1.165, 1.54) is 24.9 Å². The number of ether oxygens (including phenoxy) is 1. The van der Waals surface area contributed by atoms with Crippen molar-refractivity contribution < 1.29 is 9.13 Å². The van der Waals surface area contributed by atoms with Crippen LogP contribution in [0.4, 0.5) is 10.1 Å². The molecule has 0 spiro atoms. The lowest BCUT2D eigenvalue weighted by Crippen LogP contribution is -1.95. The van der Waals surface area contributed by atoms with Gasteiger partial charge in [-0.05, 0) is 24.3 Å². The molecule has 0 amide bonds. The van der Waals surface area contributed by atoms with Crippen LogP contribution in [0.2, 0.25) is 0 Å². The lowest BCUT2D eigenvalue weighted by atomic mass is 10.3. The summed E-state index contributed by atoms with van der Waals surface area (Å²) in [4.78, 5) is 4.70. The van der Waals surface area contributed by atoms with Crippen molar-refractivity contribution in [3.05, 3.63) is 42.2 Å². The van der Waals surface area contributed by atoms with Crippen molar-refractivity contribution in [2.24, 2.45) is 0 Å². The first-order valence-corrected chi connectivity index (χ1v) is 5.75. The lowest BCUT2D eigenvalue weighted by molar-refractivity contribution is 0.397. The Balaban J connectivity index is 2.28. The fourth-order valence-electron chi connectivity index (χ4n) is 1.29. The smallest absolute Gasteiger partial charge is 0.237 e. The van der Waals surface area contributed by atoms with Crippen LogP contribution in [0.15, 0.2) is 46.3 Å². The van der Waals surface area contributed by atoms with Crippen LogP contribution in [0.25, 0.3) is 0 Å². The highest BCUT2D eigenvalue weighted by atomic mass is 32.2. The predicted molar refractivity (Wildman–Crippen MR) is 65.7 cm³/mol. The molecule has 0 aliphatic heterocycles. The topological polar surface area (TPSA) is 48.1 Å². The lowest BCUT2D eigenvalue weighted by Gasteiger charge is -2.06. The molecule has 0 bridgehead atoms. The molecule has 1 aromatic carbocycles. The number of nitrogens with zero attached hydrogens (tertiary/aromatic N) is 1. The fourth-order valence-corrected chi connectivity index (χ4v) is 2.10. The number of aromatic nitrogens is 1. The van der Waals surface area contributed by atoms with Crippen LogP contribution in [0.5, 0.6) is 5.88 Å². The standard InChI is InChI=1S/C12H11FN2OS/c1-16-12-9(14)6-7-11(15-12)17-10-5-3-2-4-8(10)13/h2-7H,14H2,1H3. The van der Waals surface area contributed by atoms with Gasteiger partial charge in [-0.15, -0.1) is 0 Å². The number of nitrogen functional groups attached to an aromatic ring is 1. The van der Waals surface area contributed by atoms with Gasteiger partial charge in [-0.2, -0.15) is 0 Å². The number of anilines is 1. The first-order valence-electron chi connectivity index (χ1n) is 4.93. The highest BCUT2D eigenvalue weighted by molar-refractivity contribution is 7.99. The maximum Gasteiger partial charge on any atom is 0.237 e. The number of benzene rings is 1. The van der Waals surface area contributed by atoms with E-state index in [2.05, 4.69) is 4.98 Å². The second-order valence-electron chi connectivity index (χ2n) is 3.28. The van der Waals surface area contributed by atoms with Crippen LogP contribution < -0.4 is 10.5 Å². The average molecular weight is 250 g/mol. The van der Waals surface area contributed by atoms with Crippen molar-refractivity contribution >= 4 is 17.4 Å². The first kappa shape index (κ1) is 11.7. The zero-order valence-corrected chi connectivity index (χ0v) is 10.00. The number of nitrogens with two attached hydrogens (primary N) is 1. The third-order valence-electron chi connectivity index (χ3n) is 2.11. The Labute approximate surface area is 103 Å². The monoisotopic (exact) mass is 250 g/mol. The quantitative estimate of drug-likeness (QED) is 0.909. The van der Waals surface area contributed by atoms with E-state index in [1.807, 2.05) is 0 Å². The van der Waals surface area contributed by atoms with Gasteiger partial charge in [-0.3, -0.25) is 0 Å². The van der Waals surface area contributed by atoms with Crippen molar-refractivity contribution in [2.45, 2.75) is 9.92 Å². The molecule has 3 nitrogen and oxygen atoms in total. The van der Waals surface area contributed by atoms with Gasteiger partial charge in [0, 0.05) is 4.90 Å². The Kier molecular flexibility index (Phi) is 3.49. The maximum absolute atomic E-state index is 13.4. The number of hydrogen-bond donors (Lipinski definition) is 1. The molecule has 5 heteroatoms. The van der Waals surface area contributed by atoms with Gasteiger partial charge in [0.25, 0.3) is 0 Å². The summed E-state index contributed by atoms with van der Waals surface area (Å²) in [5.41, 5.74) is 6.12. The number of halogens is 1. The Bertz CT molecular complexity index is 534. The molecule has 2 rings (SSSR count). The SMILES string of the molecule is COc1nc(Sc2ccccc2F)ccc1N. The summed E-state index contributed by atoms with van der Waals surface area (Å²) in [5, 5.41) is 0.640. The van der Waals surface area contributed by atoms with Gasteiger partial charge in [0.1, 0.15) is 10.8 Å². The van der Waals surface area contributed by atoms with Crippen molar-refractivity contribution in [1.82, 2.24) is 4.98 Å². The summed E-state index contributed by atoms with van der Waals surface area (Å²) < 4.78 is 18.4. The van der Waals surface area contributed by atoms with Crippen LogP contribution in [-0.4, -0.2) is 12.1 Å². The van der Waals surface area contributed by atoms with Gasteiger partial charge in [0.2, 0.25) is 5.88 Å². The van der Waals surface area contributed by atoms with E-state index in [1.54, 1.807) is 30.3 Å². The summed E-state index contributed by atoms with van der Waals surface area (Å²) in [6.07, 6.45) is 0. The van der Waals surface area contributed by atoms with E-state index in [0.29, 0.717) is 21.5 Å². The third-order valence-corrected chi connectivity index (χ3v) is 3.10. The van der Waals surface area contributed by atoms with E-state index in [4.69, 9.17) is 10.5 Å². The van der Waals surface area contributed by atoms with E-state index >= 15 is 0 Å². The molecule has 2 N–H and O–H groups in total. The molecule has 0 aliphatic rings. The van der Waals surface area contributed by atoms with E-state index in [-0.39, 0.29) is 5.82 Å². The molecular formula is C12H11FN2OS. The summed E-state index contributed by atoms with van der Waals surface area (Å²) in [6, 6.07) is 9.96. The van der Waals surface area contributed by atoms with Crippen LogP contribution in [0.3, 0.4) is 0 Å². The van der Waals surface area contributed by atoms with Gasteiger partial charge < -0.3 is 10.5 Å². The second kappa shape index (κ2) is 5.05. The van der Waals surface area contributed by atoms with Crippen molar-refractivity contribution in [3.8, 4) is 5.88 Å². The van der Waals surface area contributed by atoms with Gasteiger partial charge >= 0.3 is 0 Å². The summed E-state index contributed by atoms with van der Waals surface area (Å²) in [5.74, 6) is 0.0847. The van der Waals surface area contributed by atoms with Crippen LogP contribution in [0, 0.1) is 5.82 Å². The molecule has 88 valence electrons. The van der Waals surface area contributed by atoms with Crippen molar-refractivity contribution in [1.29, 1.82) is 0 Å². The number of hydrogen-bond acceptors (Lipinski definition) is 4. The number of rotatable bonds is 3. The Morgan fingerprint density at radius 1 is 1.24 bits per heavy atom. The largest absolute Gasteiger partial charge is 0.480 e. The van der Waals surface area contributed by atoms with Crippen LogP contribution >= 0.6 is 11.8 Å². The summed E-state index contributed by atoms with van der Waals surface area (Å²) >= 11 is 1.23. The molecule has 2 aromatic rings. The van der Waals surface area contributed by atoms with Crippen LogP contribution in [0.1, 0.15) is 0 Å². The van der Waals surface area contributed by atoms with Gasteiger partial charge in [-0.25, -0.2) is 9.37 Å². The number of pyridine rings is 1. The van der Waals surface area contributed by atoms with E-state index in [9.17, 15) is 4.39 Å². The molecule has 0 saturated carbocycles. The molecule has 1 heterocycles. The average Bonchev–Trinajstić information content (AvgIpc) is 2.34. The molecule has 0 aliphatic carbocycles. The molecule has 1 aromatic heterocycles. The van der Waals surface area contributed by atoms with Gasteiger partial charge in [0.15, 0.2) is 0 Å². The maximum atomic E-state index is 13.4. The molecule has 0 atom stereocenters. The zero-order valence-electron chi connectivity index (χ0n) is 9.18. The molecule has 0 fully saturated rings. The van der Waals surface area contributed by atoms with Gasteiger partial charge in [-0.1, -0.05) is 23.9 Å². The molecule has 0 radical (unpaired) electrons. The molecule has 17 heavy (non-hydrogen) atoms. The zero-order chi connectivity index (χ0) is 12.3. The summed E-state index contributed by atoms with van der Waals surface area (Å²) in [7, 11) is 1.50. The Morgan fingerprint density at radius 3 is 2.71 bits per heavy atom.